The minimum absolute atomic E-state index is 0.250. The number of carbonyl (C=O) groups excluding carboxylic acids is 1. The van der Waals surface area contributed by atoms with Gasteiger partial charge in [-0.05, 0) is 26.6 Å². The molecule has 0 aromatic heterocycles. The molecule has 0 amide bonds. The zero-order valence-corrected chi connectivity index (χ0v) is 29.4. The van der Waals surface area contributed by atoms with Gasteiger partial charge < -0.3 is 61.3 Å². The predicted octanol–water partition coefficient (Wildman–Crippen LogP) is 1.97. The molecule has 0 unspecified atom stereocenters. The molecule has 0 heterocycles. The van der Waals surface area contributed by atoms with Crippen molar-refractivity contribution < 1.29 is 66.1 Å². The summed E-state index contributed by atoms with van der Waals surface area (Å²) >= 11 is 0. The second kappa shape index (κ2) is 36.1. The molecule has 45 heavy (non-hydrogen) atoms. The number of carbonyl (C=O) groups is 1. The van der Waals surface area contributed by atoms with Crippen LogP contribution in [0.5, 0.6) is 0 Å². The van der Waals surface area contributed by atoms with Crippen molar-refractivity contribution in [2.24, 2.45) is 0 Å². The van der Waals surface area contributed by atoms with Crippen LogP contribution in [0.15, 0.2) is 0 Å². The van der Waals surface area contributed by atoms with Crippen molar-refractivity contribution in [3.63, 3.8) is 0 Å². The van der Waals surface area contributed by atoms with Crippen molar-refractivity contribution in [3.05, 3.63) is 0 Å². The zero-order valence-electron chi connectivity index (χ0n) is 28.4. The third-order valence-corrected chi connectivity index (χ3v) is 6.31. The Labute approximate surface area is 271 Å². The monoisotopic (exact) mass is 674 g/mol. The van der Waals surface area contributed by atoms with Crippen LogP contribution in [-0.4, -0.2) is 173 Å². The van der Waals surface area contributed by atoms with Gasteiger partial charge in [0.05, 0.1) is 165 Å². The third-order valence-electron chi connectivity index (χ3n) is 5.24. The number of rotatable bonds is 38. The molecule has 0 radical (unpaired) electrons. The van der Waals surface area contributed by atoms with Crippen molar-refractivity contribution in [1.29, 1.82) is 0 Å². The fourth-order valence-corrected chi connectivity index (χ4v) is 3.79. The first-order valence-electron chi connectivity index (χ1n) is 16.1. The van der Waals surface area contributed by atoms with E-state index in [9.17, 15) is 4.79 Å². The Bertz CT molecular complexity index is 597. The van der Waals surface area contributed by atoms with Crippen molar-refractivity contribution in [3.8, 4) is 0 Å². The number of ether oxygens (including phenoxy) is 12. The Morgan fingerprint density at radius 2 is 0.600 bits per heavy atom. The van der Waals surface area contributed by atoms with Gasteiger partial charge in [-0.25, -0.2) is 0 Å². The lowest BCUT2D eigenvalue weighted by Crippen LogP contribution is -2.27. The normalized spacial score (nSPS) is 11.8. The van der Waals surface area contributed by atoms with Gasteiger partial charge in [0, 0.05) is 0 Å². The topological polar surface area (TPSA) is 137 Å². The molecule has 15 heteroatoms. The average molecular weight is 675 g/mol. The van der Waals surface area contributed by atoms with Crippen LogP contribution in [0.3, 0.4) is 0 Å². The van der Waals surface area contributed by atoms with E-state index >= 15 is 0 Å². The lowest BCUT2D eigenvalue weighted by Gasteiger charge is -2.16. The first kappa shape index (κ1) is 44.2. The molecule has 0 atom stereocenters. The SMILES string of the molecule is CCOC(=O)CCOCCOCCOCCOCCOCCOCCOCCOCCOCCOCCOCCO[Si](C)(C)C. The molecule has 0 rings (SSSR count). The quantitative estimate of drug-likeness (QED) is 0.0536. The van der Waals surface area contributed by atoms with E-state index in [4.69, 9.17) is 61.3 Å². The standard InChI is InChI=1S/C30H62O14Si/c1-5-43-30(31)6-7-32-8-9-33-10-11-34-12-13-35-14-15-36-16-17-37-18-19-38-20-21-39-22-23-40-24-25-41-26-27-42-28-29-44-45(2,3)4/h5-29H2,1-4H3. The van der Waals surface area contributed by atoms with Gasteiger partial charge in [-0.1, -0.05) is 0 Å². The van der Waals surface area contributed by atoms with Crippen LogP contribution in [0.25, 0.3) is 0 Å². The summed E-state index contributed by atoms with van der Waals surface area (Å²) in [6.07, 6.45) is 0.257. The van der Waals surface area contributed by atoms with Crippen molar-refractivity contribution in [2.45, 2.75) is 33.0 Å². The van der Waals surface area contributed by atoms with Crippen molar-refractivity contribution in [2.75, 3.05) is 159 Å². The highest BCUT2D eigenvalue weighted by Gasteiger charge is 2.13. The molecular weight excluding hydrogens is 612 g/mol. The zero-order chi connectivity index (χ0) is 32.9. The van der Waals surface area contributed by atoms with Gasteiger partial charge in [-0.3, -0.25) is 4.79 Å². The largest absolute Gasteiger partial charge is 0.466 e. The van der Waals surface area contributed by atoms with Crippen molar-refractivity contribution in [1.82, 2.24) is 0 Å². The average Bonchev–Trinajstić information content (AvgIpc) is 3.00. The molecule has 0 aliphatic heterocycles. The molecule has 0 aromatic carbocycles. The molecular formula is C30H62O14Si. The smallest absolute Gasteiger partial charge is 0.308 e. The van der Waals surface area contributed by atoms with Gasteiger partial charge in [0.15, 0.2) is 8.32 Å². The van der Waals surface area contributed by atoms with Crippen LogP contribution in [0, 0.1) is 0 Å². The molecule has 0 N–H and O–H groups in total. The van der Waals surface area contributed by atoms with E-state index in [1.54, 1.807) is 6.92 Å². The van der Waals surface area contributed by atoms with E-state index in [0.717, 1.165) is 0 Å². The van der Waals surface area contributed by atoms with E-state index < -0.39 is 8.32 Å². The molecule has 0 aliphatic carbocycles. The van der Waals surface area contributed by atoms with E-state index in [1.165, 1.54) is 0 Å². The molecule has 0 fully saturated rings. The molecule has 0 spiro atoms. The van der Waals surface area contributed by atoms with Crippen LogP contribution in [0.4, 0.5) is 0 Å². The fourth-order valence-electron chi connectivity index (χ4n) is 3.10. The van der Waals surface area contributed by atoms with Gasteiger partial charge in [-0.15, -0.1) is 0 Å². The molecule has 14 nitrogen and oxygen atoms in total. The van der Waals surface area contributed by atoms with E-state index in [0.29, 0.717) is 159 Å². The second-order valence-electron chi connectivity index (χ2n) is 10.3. The summed E-state index contributed by atoms with van der Waals surface area (Å²) in [5.41, 5.74) is 0. The predicted molar refractivity (Wildman–Crippen MR) is 170 cm³/mol. The second-order valence-corrected chi connectivity index (χ2v) is 14.8. The summed E-state index contributed by atoms with van der Waals surface area (Å²) < 4.78 is 70.4. The summed E-state index contributed by atoms with van der Waals surface area (Å²) in [5, 5.41) is 0. The number of hydrogen-bond acceptors (Lipinski definition) is 14. The maximum absolute atomic E-state index is 11.1. The van der Waals surface area contributed by atoms with Crippen LogP contribution >= 0.6 is 0 Å². The summed E-state index contributed by atoms with van der Waals surface area (Å²) in [6.45, 7) is 20.3. The van der Waals surface area contributed by atoms with E-state index in [2.05, 4.69) is 19.6 Å². The summed E-state index contributed by atoms with van der Waals surface area (Å²) in [5.74, 6) is -0.250. The summed E-state index contributed by atoms with van der Waals surface area (Å²) in [7, 11) is -1.45. The Kier molecular flexibility index (Phi) is 35.4. The Balaban J connectivity index is 3.07. The molecule has 0 saturated carbocycles. The molecule has 0 aliphatic rings. The fraction of sp³-hybridized carbons (Fsp3) is 0.967. The first-order valence-corrected chi connectivity index (χ1v) is 19.5. The number of esters is 1. The van der Waals surface area contributed by atoms with Gasteiger partial charge in [0.2, 0.25) is 0 Å². The van der Waals surface area contributed by atoms with Gasteiger partial charge in [0.25, 0.3) is 0 Å². The minimum Gasteiger partial charge on any atom is -0.466 e. The first-order chi connectivity index (χ1) is 22.0. The number of hydrogen-bond donors (Lipinski definition) is 0. The lowest BCUT2D eigenvalue weighted by molar-refractivity contribution is -0.144. The molecule has 270 valence electrons. The molecule has 0 aromatic rings. The van der Waals surface area contributed by atoms with Crippen LogP contribution in [0.2, 0.25) is 19.6 Å². The van der Waals surface area contributed by atoms with Gasteiger partial charge in [0.1, 0.15) is 0 Å². The van der Waals surface area contributed by atoms with E-state index in [-0.39, 0.29) is 12.4 Å². The maximum atomic E-state index is 11.1. The van der Waals surface area contributed by atoms with Crippen LogP contribution < -0.4 is 0 Å². The summed E-state index contributed by atoms with van der Waals surface area (Å²) in [6, 6.07) is 0. The summed E-state index contributed by atoms with van der Waals surface area (Å²) in [4.78, 5) is 11.1. The van der Waals surface area contributed by atoms with E-state index in [1.807, 2.05) is 0 Å². The van der Waals surface area contributed by atoms with Gasteiger partial charge >= 0.3 is 5.97 Å². The highest BCUT2D eigenvalue weighted by atomic mass is 28.4. The minimum atomic E-state index is -1.45. The molecule has 0 saturated heterocycles. The Morgan fingerprint density at radius 1 is 0.378 bits per heavy atom. The maximum Gasteiger partial charge on any atom is 0.308 e. The molecule has 0 bridgehead atoms. The van der Waals surface area contributed by atoms with Crippen molar-refractivity contribution >= 4 is 14.3 Å². The Morgan fingerprint density at radius 3 is 0.822 bits per heavy atom. The van der Waals surface area contributed by atoms with Crippen LogP contribution in [-0.2, 0) is 66.1 Å². The highest BCUT2D eigenvalue weighted by molar-refractivity contribution is 6.69. The van der Waals surface area contributed by atoms with Gasteiger partial charge in [-0.2, -0.15) is 0 Å². The third kappa shape index (κ3) is 41.2. The Hall–Kier alpha value is -0.793. The highest BCUT2D eigenvalue weighted by Crippen LogP contribution is 2.01. The van der Waals surface area contributed by atoms with Crippen LogP contribution in [0.1, 0.15) is 13.3 Å². The lowest BCUT2D eigenvalue weighted by atomic mass is 10.5.